The smallest absolute Gasteiger partial charge is 0.348 e. The Labute approximate surface area is 163 Å². The molecule has 1 saturated carbocycles. The Morgan fingerprint density at radius 3 is 2.45 bits per heavy atom. The van der Waals surface area contributed by atoms with Crippen molar-refractivity contribution >= 4 is 17.8 Å². The maximum atomic E-state index is 13.7. The van der Waals surface area contributed by atoms with Crippen LogP contribution in [0.4, 0.5) is 27.6 Å². The monoisotopic (exact) mass is 414 g/mol. The molecular formula is C19H19F5N4O. The summed E-state index contributed by atoms with van der Waals surface area (Å²) in [5.41, 5.74) is 0.800. The van der Waals surface area contributed by atoms with Gasteiger partial charge in [0, 0.05) is 36.6 Å². The van der Waals surface area contributed by atoms with E-state index >= 15 is 0 Å². The summed E-state index contributed by atoms with van der Waals surface area (Å²) in [5.74, 6) is -4.26. The molecule has 5 nitrogen and oxygen atoms in total. The highest BCUT2D eigenvalue weighted by atomic mass is 19.4. The van der Waals surface area contributed by atoms with E-state index in [-0.39, 0.29) is 17.1 Å². The first kappa shape index (κ1) is 20.8. The van der Waals surface area contributed by atoms with Crippen molar-refractivity contribution in [1.29, 1.82) is 5.41 Å². The van der Waals surface area contributed by atoms with Crippen LogP contribution < -0.4 is 10.6 Å². The Hall–Kier alpha value is -2.91. The molecule has 1 aromatic carbocycles. The zero-order chi connectivity index (χ0) is 21.5. The van der Waals surface area contributed by atoms with E-state index in [0.29, 0.717) is 24.8 Å². The number of amides is 1. The second-order valence-corrected chi connectivity index (χ2v) is 7.02. The maximum Gasteiger partial charge on any atom is 0.409 e. The molecule has 1 aliphatic heterocycles. The van der Waals surface area contributed by atoms with Gasteiger partial charge in [-0.15, -0.1) is 0 Å². The van der Waals surface area contributed by atoms with Gasteiger partial charge >= 0.3 is 6.18 Å². The molecule has 3 rings (SSSR count). The fourth-order valence-electron chi connectivity index (χ4n) is 3.48. The lowest BCUT2D eigenvalue weighted by Crippen LogP contribution is -2.56. The Morgan fingerprint density at radius 2 is 1.93 bits per heavy atom. The lowest BCUT2D eigenvalue weighted by atomic mass is 9.92. The van der Waals surface area contributed by atoms with Gasteiger partial charge in [-0.3, -0.25) is 4.79 Å². The number of carbonyl (C=O) groups excluding carboxylic acids is 1. The molecule has 1 aromatic rings. The summed E-state index contributed by atoms with van der Waals surface area (Å²) < 4.78 is 67.6. The van der Waals surface area contributed by atoms with Gasteiger partial charge in [0.05, 0.1) is 5.57 Å². The highest BCUT2D eigenvalue weighted by Gasteiger charge is 2.51. The molecule has 1 aliphatic carbocycles. The highest BCUT2D eigenvalue weighted by molar-refractivity contribution is 6.17. The van der Waals surface area contributed by atoms with Crippen LogP contribution in [-0.4, -0.2) is 36.3 Å². The average Bonchev–Trinajstić information content (AvgIpc) is 3.44. The first-order chi connectivity index (χ1) is 13.5. The van der Waals surface area contributed by atoms with Crippen molar-refractivity contribution in [2.45, 2.75) is 32.0 Å². The fourth-order valence-corrected chi connectivity index (χ4v) is 3.48. The van der Waals surface area contributed by atoms with Crippen LogP contribution in [0.3, 0.4) is 0 Å². The molecule has 2 atom stereocenters. The maximum absolute atomic E-state index is 13.7. The lowest BCUT2D eigenvalue weighted by Gasteiger charge is -2.44. The molecule has 10 heteroatoms. The summed E-state index contributed by atoms with van der Waals surface area (Å²) in [4.78, 5) is 13.5. The fraction of sp³-hybridized carbons (Fsp3) is 0.368. The summed E-state index contributed by atoms with van der Waals surface area (Å²) in [6.07, 6.45) is -2.58. The Kier molecular flexibility index (Phi) is 5.38. The summed E-state index contributed by atoms with van der Waals surface area (Å²) in [7, 11) is 1.19. The molecule has 0 spiro atoms. The summed E-state index contributed by atoms with van der Waals surface area (Å²) >= 11 is 0. The predicted octanol–water partition coefficient (Wildman–Crippen LogP) is 3.91. The van der Waals surface area contributed by atoms with E-state index < -0.39 is 35.7 Å². The SMILES string of the molecule is CC1C(=C2CC2)N/C(=C(/C=N)C(=O)Nc2ccc(F)c(F)c2)N(C)C1C(F)(F)F. The van der Waals surface area contributed by atoms with Crippen LogP contribution in [0.2, 0.25) is 0 Å². The minimum absolute atomic E-state index is 0.0891. The Balaban J connectivity index is 2.00. The van der Waals surface area contributed by atoms with Crippen molar-refractivity contribution in [3.63, 3.8) is 0 Å². The molecule has 0 bridgehead atoms. The third kappa shape index (κ3) is 4.10. The van der Waals surface area contributed by atoms with Gasteiger partial charge < -0.3 is 20.9 Å². The summed E-state index contributed by atoms with van der Waals surface area (Å²) in [6, 6.07) is 0.784. The zero-order valence-corrected chi connectivity index (χ0v) is 15.6. The van der Waals surface area contributed by atoms with Crippen molar-refractivity contribution in [3.05, 3.63) is 52.5 Å². The first-order valence-corrected chi connectivity index (χ1v) is 8.84. The molecule has 2 unspecified atom stereocenters. The minimum Gasteiger partial charge on any atom is -0.348 e. The number of carbonyl (C=O) groups is 1. The number of halogens is 5. The van der Waals surface area contributed by atoms with Crippen molar-refractivity contribution in [2.24, 2.45) is 5.92 Å². The van der Waals surface area contributed by atoms with Crippen LogP contribution >= 0.6 is 0 Å². The van der Waals surface area contributed by atoms with Gasteiger partial charge in [0.25, 0.3) is 5.91 Å². The van der Waals surface area contributed by atoms with Gasteiger partial charge in [-0.1, -0.05) is 6.92 Å². The van der Waals surface area contributed by atoms with E-state index in [2.05, 4.69) is 10.6 Å². The van der Waals surface area contributed by atoms with Crippen LogP contribution in [0.5, 0.6) is 0 Å². The Bertz CT molecular complexity index is 916. The second-order valence-electron chi connectivity index (χ2n) is 7.02. The Morgan fingerprint density at radius 1 is 1.28 bits per heavy atom. The number of hydrogen-bond acceptors (Lipinski definition) is 4. The van der Waals surface area contributed by atoms with E-state index in [0.717, 1.165) is 28.7 Å². The van der Waals surface area contributed by atoms with Crippen LogP contribution in [0, 0.1) is 23.0 Å². The topological polar surface area (TPSA) is 68.2 Å². The lowest BCUT2D eigenvalue weighted by molar-refractivity contribution is -0.189. The third-order valence-electron chi connectivity index (χ3n) is 4.99. The van der Waals surface area contributed by atoms with E-state index in [4.69, 9.17) is 5.41 Å². The van der Waals surface area contributed by atoms with Gasteiger partial charge in [-0.05, 0) is 30.5 Å². The number of rotatable bonds is 3. The van der Waals surface area contributed by atoms with Crippen LogP contribution in [0.1, 0.15) is 19.8 Å². The zero-order valence-electron chi connectivity index (χ0n) is 15.6. The molecule has 2 aliphatic rings. The molecule has 1 saturated heterocycles. The molecule has 29 heavy (non-hydrogen) atoms. The molecule has 1 amide bonds. The minimum atomic E-state index is -4.56. The molecular weight excluding hydrogens is 395 g/mol. The molecule has 2 fully saturated rings. The largest absolute Gasteiger partial charge is 0.409 e. The van der Waals surface area contributed by atoms with Gasteiger partial charge in [0.2, 0.25) is 0 Å². The van der Waals surface area contributed by atoms with Crippen LogP contribution in [0.25, 0.3) is 0 Å². The number of allylic oxidation sites excluding steroid dienone is 1. The normalized spacial score (nSPS) is 23.5. The summed E-state index contributed by atoms with van der Waals surface area (Å²) in [6.45, 7) is 1.46. The molecule has 1 heterocycles. The molecule has 156 valence electrons. The summed E-state index contributed by atoms with van der Waals surface area (Å²) in [5, 5.41) is 12.8. The third-order valence-corrected chi connectivity index (χ3v) is 4.99. The van der Waals surface area contributed by atoms with Crippen LogP contribution in [-0.2, 0) is 4.79 Å². The van der Waals surface area contributed by atoms with Crippen molar-refractivity contribution < 1.29 is 26.7 Å². The van der Waals surface area contributed by atoms with Crippen molar-refractivity contribution in [2.75, 3.05) is 12.4 Å². The van der Waals surface area contributed by atoms with Gasteiger partial charge in [-0.2, -0.15) is 13.2 Å². The first-order valence-electron chi connectivity index (χ1n) is 8.84. The molecule has 0 aromatic heterocycles. The second kappa shape index (κ2) is 7.49. The van der Waals surface area contributed by atoms with Crippen molar-refractivity contribution in [3.8, 4) is 0 Å². The van der Waals surface area contributed by atoms with Crippen molar-refractivity contribution in [1.82, 2.24) is 10.2 Å². The van der Waals surface area contributed by atoms with E-state index in [9.17, 15) is 26.7 Å². The molecule has 3 N–H and O–H groups in total. The van der Waals surface area contributed by atoms with Crippen LogP contribution in [0.15, 0.2) is 40.9 Å². The number of hydrogen-bond donors (Lipinski definition) is 3. The number of alkyl halides is 3. The van der Waals surface area contributed by atoms with Gasteiger partial charge in [0.1, 0.15) is 11.9 Å². The van der Waals surface area contributed by atoms with E-state index in [1.165, 1.54) is 14.0 Å². The predicted molar refractivity (Wildman–Crippen MR) is 97.0 cm³/mol. The van der Waals surface area contributed by atoms with Gasteiger partial charge in [0.15, 0.2) is 11.6 Å². The number of nitrogens with one attached hydrogen (secondary N) is 3. The highest BCUT2D eigenvalue weighted by Crippen LogP contribution is 2.43. The number of benzene rings is 1. The van der Waals surface area contributed by atoms with Gasteiger partial charge in [-0.25, -0.2) is 8.78 Å². The number of nitrogens with zero attached hydrogens (tertiary/aromatic N) is 1. The number of anilines is 1. The van der Waals surface area contributed by atoms with E-state index in [1.54, 1.807) is 0 Å². The van der Waals surface area contributed by atoms with E-state index in [1.807, 2.05) is 0 Å². The molecule has 0 radical (unpaired) electrons. The standard InChI is InChI=1S/C19H19F5N4O/c1-9-15(10-3-4-10)27-17(28(2)16(9)19(22,23)24)12(8-25)18(29)26-11-5-6-13(20)14(21)7-11/h5-9,16,25,27H,3-4H2,1-2H3,(H,26,29)/b17-12+,25-8?. The average molecular weight is 414 g/mol. The quantitative estimate of drug-likeness (QED) is 0.399.